The highest BCUT2D eigenvalue weighted by Gasteiger charge is 2.10. The van der Waals surface area contributed by atoms with Crippen LogP contribution in [0.4, 0.5) is 0 Å². The van der Waals surface area contributed by atoms with Gasteiger partial charge in [-0.25, -0.2) is 4.18 Å². The number of hydrogen-bond acceptors (Lipinski definition) is 6. The van der Waals surface area contributed by atoms with Gasteiger partial charge in [0, 0.05) is 25.7 Å². The lowest BCUT2D eigenvalue weighted by Crippen LogP contribution is -2.10. The van der Waals surface area contributed by atoms with E-state index in [9.17, 15) is 18.0 Å². The van der Waals surface area contributed by atoms with Crippen LogP contribution in [0.25, 0.3) is 0 Å². The molecule has 0 amide bonds. The zero-order valence-electron chi connectivity index (χ0n) is 13.6. The Balaban J connectivity index is 3.58. The number of hydrogen-bond donors (Lipinski definition) is 0. The summed E-state index contributed by atoms with van der Waals surface area (Å²) in [5.41, 5.74) is 0. The first-order valence-corrected chi connectivity index (χ1v) is 9.23. The number of ketones is 2. The standard InChI is InChI=1S/C15H28O6S/c1-3-4-5-6-7-9-14(16)11-12-15(17)10-8-13-21-22(18,19)20-2/h3-13H2,1-2H3. The van der Waals surface area contributed by atoms with Crippen molar-refractivity contribution >= 4 is 22.0 Å². The first kappa shape index (κ1) is 21.2. The predicted molar refractivity (Wildman–Crippen MR) is 83.7 cm³/mol. The first-order chi connectivity index (χ1) is 10.4. The Morgan fingerprint density at radius 1 is 0.818 bits per heavy atom. The normalized spacial score (nSPS) is 11.5. The third-order valence-corrected chi connectivity index (χ3v) is 4.14. The van der Waals surface area contributed by atoms with Gasteiger partial charge in [0.15, 0.2) is 0 Å². The second kappa shape index (κ2) is 12.7. The van der Waals surface area contributed by atoms with Gasteiger partial charge >= 0.3 is 10.4 Å². The Morgan fingerprint density at radius 3 is 1.91 bits per heavy atom. The minimum Gasteiger partial charge on any atom is -0.300 e. The summed E-state index contributed by atoms with van der Waals surface area (Å²) in [4.78, 5) is 23.2. The summed E-state index contributed by atoms with van der Waals surface area (Å²) >= 11 is 0. The van der Waals surface area contributed by atoms with E-state index in [2.05, 4.69) is 15.3 Å². The molecule has 0 heterocycles. The summed E-state index contributed by atoms with van der Waals surface area (Å²) in [5.74, 6) is 0.0841. The highest BCUT2D eigenvalue weighted by Crippen LogP contribution is 2.08. The maximum atomic E-state index is 11.6. The third-order valence-electron chi connectivity index (χ3n) is 3.27. The fourth-order valence-electron chi connectivity index (χ4n) is 1.93. The smallest absolute Gasteiger partial charge is 0.300 e. The van der Waals surface area contributed by atoms with Gasteiger partial charge in [0.25, 0.3) is 0 Å². The SMILES string of the molecule is CCCCCCCC(=O)CCC(=O)CCCOS(=O)(=O)OC. The summed E-state index contributed by atoms with van der Waals surface area (Å²) in [6.45, 7) is 2.06. The zero-order valence-corrected chi connectivity index (χ0v) is 14.5. The molecule has 0 radical (unpaired) electrons. The molecule has 0 saturated heterocycles. The van der Waals surface area contributed by atoms with Crippen LogP contribution in [0.5, 0.6) is 0 Å². The summed E-state index contributed by atoms with van der Waals surface area (Å²) < 4.78 is 30.3. The Labute approximate surface area is 133 Å². The van der Waals surface area contributed by atoms with Crippen molar-refractivity contribution in [3.63, 3.8) is 0 Å². The Morgan fingerprint density at radius 2 is 1.36 bits per heavy atom. The van der Waals surface area contributed by atoms with Gasteiger partial charge in [0.05, 0.1) is 13.7 Å². The molecule has 0 aromatic heterocycles. The summed E-state index contributed by atoms with van der Waals surface area (Å²) in [5, 5.41) is 0. The van der Waals surface area contributed by atoms with Crippen molar-refractivity contribution in [3.05, 3.63) is 0 Å². The molecule has 0 bridgehead atoms. The quantitative estimate of drug-likeness (QED) is 0.427. The lowest BCUT2D eigenvalue weighted by molar-refractivity contribution is -0.124. The first-order valence-electron chi connectivity index (χ1n) is 7.89. The van der Waals surface area contributed by atoms with Crippen LogP contribution < -0.4 is 0 Å². The summed E-state index contributed by atoms with van der Waals surface area (Å²) in [6.07, 6.45) is 7.07. The molecule has 0 saturated carbocycles. The van der Waals surface area contributed by atoms with Gasteiger partial charge in [-0.05, 0) is 12.8 Å². The molecular weight excluding hydrogens is 308 g/mol. The third kappa shape index (κ3) is 12.9. The highest BCUT2D eigenvalue weighted by atomic mass is 32.3. The van der Waals surface area contributed by atoms with Crippen LogP contribution in [0.1, 0.15) is 71.1 Å². The minimum absolute atomic E-state index is 0.0438. The van der Waals surface area contributed by atoms with Gasteiger partial charge in [-0.3, -0.25) is 13.8 Å². The van der Waals surface area contributed by atoms with Crippen molar-refractivity contribution in [2.75, 3.05) is 13.7 Å². The highest BCUT2D eigenvalue weighted by molar-refractivity contribution is 7.81. The maximum Gasteiger partial charge on any atom is 0.399 e. The molecule has 6 nitrogen and oxygen atoms in total. The van der Waals surface area contributed by atoms with Gasteiger partial charge in [-0.1, -0.05) is 32.6 Å². The summed E-state index contributed by atoms with van der Waals surface area (Å²) in [6, 6.07) is 0. The van der Waals surface area contributed by atoms with Gasteiger partial charge in [-0.15, -0.1) is 0 Å². The van der Waals surface area contributed by atoms with E-state index in [0.29, 0.717) is 12.8 Å². The second-order valence-electron chi connectivity index (χ2n) is 5.24. The van der Waals surface area contributed by atoms with Crippen molar-refractivity contribution in [3.8, 4) is 0 Å². The van der Waals surface area contributed by atoms with Crippen LogP contribution >= 0.6 is 0 Å². The van der Waals surface area contributed by atoms with Crippen LogP contribution in [-0.4, -0.2) is 33.7 Å². The monoisotopic (exact) mass is 336 g/mol. The molecule has 0 aromatic carbocycles. The number of unbranched alkanes of at least 4 members (excludes halogenated alkanes) is 4. The van der Waals surface area contributed by atoms with E-state index >= 15 is 0 Å². The van der Waals surface area contributed by atoms with Crippen LogP contribution in [0.15, 0.2) is 0 Å². The van der Waals surface area contributed by atoms with E-state index in [1.165, 1.54) is 12.8 Å². The average molecular weight is 336 g/mol. The van der Waals surface area contributed by atoms with Gasteiger partial charge in [0.1, 0.15) is 11.6 Å². The van der Waals surface area contributed by atoms with E-state index in [-0.39, 0.29) is 37.4 Å². The van der Waals surface area contributed by atoms with E-state index in [1.807, 2.05) is 0 Å². The molecule has 0 rings (SSSR count). The molecule has 130 valence electrons. The van der Waals surface area contributed by atoms with Gasteiger partial charge in [0.2, 0.25) is 0 Å². The largest absolute Gasteiger partial charge is 0.399 e. The molecule has 0 fully saturated rings. The van der Waals surface area contributed by atoms with Crippen LogP contribution in [-0.2, 0) is 28.4 Å². The molecule has 22 heavy (non-hydrogen) atoms. The van der Waals surface area contributed by atoms with Crippen molar-refractivity contribution < 1.29 is 26.4 Å². The van der Waals surface area contributed by atoms with Crippen LogP contribution in [0.3, 0.4) is 0 Å². The molecule has 0 aliphatic rings. The average Bonchev–Trinajstić information content (AvgIpc) is 2.49. The van der Waals surface area contributed by atoms with Crippen molar-refractivity contribution in [2.24, 2.45) is 0 Å². The van der Waals surface area contributed by atoms with E-state index < -0.39 is 10.4 Å². The molecule has 0 N–H and O–H groups in total. The van der Waals surface area contributed by atoms with Gasteiger partial charge < -0.3 is 0 Å². The van der Waals surface area contributed by atoms with Gasteiger partial charge in [-0.2, -0.15) is 8.42 Å². The topological polar surface area (TPSA) is 86.7 Å². The van der Waals surface area contributed by atoms with Crippen LogP contribution in [0, 0.1) is 0 Å². The predicted octanol–water partition coefficient (Wildman–Crippen LogP) is 2.95. The number of rotatable bonds is 15. The number of carbonyl (C=O) groups is 2. The molecular formula is C15H28O6S. The van der Waals surface area contributed by atoms with Crippen LogP contribution in [0.2, 0.25) is 0 Å². The van der Waals surface area contributed by atoms with E-state index in [1.54, 1.807) is 0 Å². The molecule has 7 heteroatoms. The molecule has 0 spiro atoms. The Kier molecular flexibility index (Phi) is 12.3. The fourth-order valence-corrected chi connectivity index (χ4v) is 2.35. The molecule has 0 aliphatic heterocycles. The van der Waals surface area contributed by atoms with E-state index in [4.69, 9.17) is 0 Å². The number of Topliss-reactive ketones (excluding diaryl/α,β-unsaturated/α-hetero) is 2. The maximum absolute atomic E-state index is 11.6. The Hall–Kier alpha value is -0.790. The van der Waals surface area contributed by atoms with Crippen molar-refractivity contribution in [2.45, 2.75) is 71.1 Å². The Bertz CT molecular complexity index is 416. The molecule has 0 atom stereocenters. The molecule has 0 aliphatic carbocycles. The zero-order chi connectivity index (χ0) is 16.8. The lowest BCUT2D eigenvalue weighted by Gasteiger charge is -2.03. The minimum atomic E-state index is -3.93. The summed E-state index contributed by atoms with van der Waals surface area (Å²) in [7, 11) is -2.92. The van der Waals surface area contributed by atoms with E-state index in [0.717, 1.165) is 26.4 Å². The molecule has 0 aromatic rings. The number of carbonyl (C=O) groups excluding carboxylic acids is 2. The second-order valence-corrected chi connectivity index (χ2v) is 6.63. The van der Waals surface area contributed by atoms with Crippen molar-refractivity contribution in [1.82, 2.24) is 0 Å². The fraction of sp³-hybridized carbons (Fsp3) is 0.867. The lowest BCUT2D eigenvalue weighted by atomic mass is 10.0. The molecule has 0 unspecified atom stereocenters. The van der Waals surface area contributed by atoms with Crippen molar-refractivity contribution in [1.29, 1.82) is 0 Å².